The van der Waals surface area contributed by atoms with E-state index in [9.17, 15) is 13.2 Å². The minimum Gasteiger partial charge on any atom is -0.478 e. The Bertz CT molecular complexity index is 523. The van der Waals surface area contributed by atoms with Crippen LogP contribution < -0.4 is 4.72 Å². The lowest BCUT2D eigenvalue weighted by Crippen LogP contribution is -2.28. The van der Waals surface area contributed by atoms with Crippen molar-refractivity contribution in [1.29, 1.82) is 0 Å². The van der Waals surface area contributed by atoms with Crippen LogP contribution in [0.5, 0.6) is 0 Å². The molecule has 0 spiro atoms. The zero-order valence-corrected chi connectivity index (χ0v) is 11.2. The van der Waals surface area contributed by atoms with Gasteiger partial charge in [-0.15, -0.1) is 0 Å². The number of carboxylic acid groups (broad SMARTS) is 1. The highest BCUT2D eigenvalue weighted by Gasteiger charge is 2.13. The molecule has 6 heteroatoms. The summed E-state index contributed by atoms with van der Waals surface area (Å²) in [5.41, 5.74) is 0.553. The lowest BCUT2D eigenvalue weighted by molar-refractivity contribution is 0.0696. The Labute approximate surface area is 107 Å². The molecule has 5 nitrogen and oxygen atoms in total. The van der Waals surface area contributed by atoms with E-state index >= 15 is 0 Å². The van der Waals surface area contributed by atoms with Crippen LogP contribution in [-0.2, 0) is 15.8 Å². The molecule has 1 rings (SSSR count). The number of nitrogens with one attached hydrogen (secondary N) is 1. The van der Waals surface area contributed by atoms with Crippen molar-refractivity contribution in [3.63, 3.8) is 0 Å². The van der Waals surface area contributed by atoms with Gasteiger partial charge in [-0.2, -0.15) is 0 Å². The molecule has 0 heterocycles. The van der Waals surface area contributed by atoms with E-state index in [2.05, 4.69) is 4.72 Å². The summed E-state index contributed by atoms with van der Waals surface area (Å²) in [5, 5.41) is 8.82. The van der Waals surface area contributed by atoms with Gasteiger partial charge in [-0.05, 0) is 23.6 Å². The normalized spacial score (nSPS) is 11.7. The van der Waals surface area contributed by atoms with Crippen LogP contribution in [0.3, 0.4) is 0 Å². The van der Waals surface area contributed by atoms with Gasteiger partial charge in [-0.1, -0.05) is 26.0 Å². The summed E-state index contributed by atoms with van der Waals surface area (Å²) in [6.07, 6.45) is 0. The highest BCUT2D eigenvalue weighted by molar-refractivity contribution is 7.88. The van der Waals surface area contributed by atoms with Gasteiger partial charge < -0.3 is 5.11 Å². The van der Waals surface area contributed by atoms with Crippen LogP contribution in [0.4, 0.5) is 0 Å². The van der Waals surface area contributed by atoms with Gasteiger partial charge in [0.2, 0.25) is 10.0 Å². The molecule has 0 bridgehead atoms. The molecule has 0 radical (unpaired) electrons. The molecule has 0 aliphatic rings. The van der Waals surface area contributed by atoms with Crippen molar-refractivity contribution in [2.75, 3.05) is 6.54 Å². The minimum atomic E-state index is -3.42. The molecule has 1 aromatic carbocycles. The van der Waals surface area contributed by atoms with Gasteiger partial charge in [0.25, 0.3) is 0 Å². The highest BCUT2D eigenvalue weighted by atomic mass is 32.2. The lowest BCUT2D eigenvalue weighted by atomic mass is 10.1. The van der Waals surface area contributed by atoms with Crippen LogP contribution >= 0.6 is 0 Å². The van der Waals surface area contributed by atoms with Gasteiger partial charge in [-0.25, -0.2) is 17.9 Å². The standard InChI is InChI=1S/C12H17NO4S/c1-9(2)7-13-18(16,17)8-10-4-3-5-11(6-10)12(14)15/h3-6,9,13H,7-8H2,1-2H3,(H,14,15). The molecule has 0 fully saturated rings. The van der Waals surface area contributed by atoms with Crippen molar-refractivity contribution in [2.24, 2.45) is 5.92 Å². The summed E-state index contributed by atoms with van der Waals surface area (Å²) in [6, 6.07) is 5.94. The summed E-state index contributed by atoms with van der Waals surface area (Å²) in [6.45, 7) is 4.20. The summed E-state index contributed by atoms with van der Waals surface area (Å²) in [7, 11) is -3.42. The van der Waals surface area contributed by atoms with Crippen molar-refractivity contribution in [1.82, 2.24) is 4.72 Å². The maximum absolute atomic E-state index is 11.7. The molecule has 0 saturated carbocycles. The number of hydrogen-bond acceptors (Lipinski definition) is 3. The fourth-order valence-electron chi connectivity index (χ4n) is 1.36. The second-order valence-corrected chi connectivity index (χ2v) is 6.31. The fourth-order valence-corrected chi connectivity index (χ4v) is 2.67. The molecule has 0 unspecified atom stereocenters. The van der Waals surface area contributed by atoms with E-state index in [1.165, 1.54) is 18.2 Å². The first-order chi connectivity index (χ1) is 8.30. The van der Waals surface area contributed by atoms with E-state index < -0.39 is 16.0 Å². The van der Waals surface area contributed by atoms with E-state index in [1.54, 1.807) is 6.07 Å². The Kier molecular flexibility index (Phi) is 4.86. The Morgan fingerprint density at radius 1 is 1.39 bits per heavy atom. The molecule has 0 atom stereocenters. The van der Waals surface area contributed by atoms with E-state index in [0.29, 0.717) is 12.1 Å². The number of carboxylic acids is 1. The first kappa shape index (κ1) is 14.7. The highest BCUT2D eigenvalue weighted by Crippen LogP contribution is 2.09. The zero-order chi connectivity index (χ0) is 13.8. The average Bonchev–Trinajstić information content (AvgIpc) is 2.26. The maximum Gasteiger partial charge on any atom is 0.335 e. The summed E-state index contributed by atoms with van der Waals surface area (Å²) in [5.74, 6) is -1.05. The van der Waals surface area contributed by atoms with Crippen LogP contribution in [0.2, 0.25) is 0 Å². The average molecular weight is 271 g/mol. The molecular weight excluding hydrogens is 254 g/mol. The molecular formula is C12H17NO4S. The van der Waals surface area contributed by atoms with Gasteiger partial charge >= 0.3 is 5.97 Å². The van der Waals surface area contributed by atoms with Crippen molar-refractivity contribution in [3.05, 3.63) is 35.4 Å². The molecule has 0 saturated heterocycles. The smallest absolute Gasteiger partial charge is 0.335 e. The first-order valence-corrected chi connectivity index (χ1v) is 7.25. The van der Waals surface area contributed by atoms with Crippen LogP contribution in [0, 0.1) is 5.92 Å². The van der Waals surface area contributed by atoms with E-state index in [4.69, 9.17) is 5.11 Å². The van der Waals surface area contributed by atoms with Crippen LogP contribution in [-0.4, -0.2) is 26.0 Å². The molecule has 0 aliphatic heterocycles. The van der Waals surface area contributed by atoms with Gasteiger partial charge in [0, 0.05) is 6.54 Å². The number of carbonyl (C=O) groups is 1. The number of sulfonamides is 1. The SMILES string of the molecule is CC(C)CNS(=O)(=O)Cc1cccc(C(=O)O)c1. The lowest BCUT2D eigenvalue weighted by Gasteiger charge is -2.09. The number of rotatable bonds is 6. The Balaban J connectivity index is 2.78. The Morgan fingerprint density at radius 3 is 2.61 bits per heavy atom. The van der Waals surface area contributed by atoms with Crippen molar-refractivity contribution in [3.8, 4) is 0 Å². The molecule has 1 aromatic rings. The summed E-state index contributed by atoms with van der Waals surface area (Å²) < 4.78 is 25.9. The minimum absolute atomic E-state index is 0.0894. The summed E-state index contributed by atoms with van der Waals surface area (Å²) in [4.78, 5) is 10.8. The Morgan fingerprint density at radius 2 is 2.06 bits per heavy atom. The topological polar surface area (TPSA) is 83.5 Å². The first-order valence-electron chi connectivity index (χ1n) is 5.60. The molecule has 100 valence electrons. The number of benzene rings is 1. The fraction of sp³-hybridized carbons (Fsp3) is 0.417. The predicted molar refractivity (Wildman–Crippen MR) is 68.9 cm³/mol. The molecule has 2 N–H and O–H groups in total. The molecule has 18 heavy (non-hydrogen) atoms. The quantitative estimate of drug-likeness (QED) is 0.820. The predicted octanol–water partition coefficient (Wildman–Crippen LogP) is 1.46. The van der Waals surface area contributed by atoms with E-state index in [1.807, 2.05) is 13.8 Å². The van der Waals surface area contributed by atoms with Gasteiger partial charge in [0.1, 0.15) is 0 Å². The third-order valence-corrected chi connectivity index (χ3v) is 3.56. The second-order valence-electron chi connectivity index (χ2n) is 4.51. The monoisotopic (exact) mass is 271 g/mol. The zero-order valence-electron chi connectivity index (χ0n) is 10.4. The number of aromatic carboxylic acids is 1. The van der Waals surface area contributed by atoms with Crippen LogP contribution in [0.1, 0.15) is 29.8 Å². The molecule has 0 aromatic heterocycles. The van der Waals surface area contributed by atoms with Gasteiger partial charge in [0.05, 0.1) is 11.3 Å². The number of hydrogen-bond donors (Lipinski definition) is 2. The van der Waals surface area contributed by atoms with E-state index in [0.717, 1.165) is 0 Å². The molecule has 0 aliphatic carbocycles. The van der Waals surface area contributed by atoms with Gasteiger partial charge in [-0.3, -0.25) is 0 Å². The van der Waals surface area contributed by atoms with Gasteiger partial charge in [0.15, 0.2) is 0 Å². The largest absolute Gasteiger partial charge is 0.478 e. The third kappa shape index (κ3) is 4.85. The van der Waals surface area contributed by atoms with Crippen LogP contribution in [0.15, 0.2) is 24.3 Å². The van der Waals surface area contributed by atoms with Crippen molar-refractivity contribution < 1.29 is 18.3 Å². The van der Waals surface area contributed by atoms with Crippen molar-refractivity contribution >= 4 is 16.0 Å². The van der Waals surface area contributed by atoms with Crippen molar-refractivity contribution in [2.45, 2.75) is 19.6 Å². The Hall–Kier alpha value is -1.40. The maximum atomic E-state index is 11.7. The second kappa shape index (κ2) is 5.97. The third-order valence-electron chi connectivity index (χ3n) is 2.24. The molecule has 0 amide bonds. The van der Waals surface area contributed by atoms with Crippen LogP contribution in [0.25, 0.3) is 0 Å². The van der Waals surface area contributed by atoms with E-state index in [-0.39, 0.29) is 17.2 Å². The summed E-state index contributed by atoms with van der Waals surface area (Å²) >= 11 is 0.